The molecule has 0 aliphatic heterocycles. The third-order valence-corrected chi connectivity index (χ3v) is 6.71. The van der Waals surface area contributed by atoms with Gasteiger partial charge in [0, 0.05) is 0 Å². The van der Waals surface area contributed by atoms with Gasteiger partial charge < -0.3 is 9.53 Å². The van der Waals surface area contributed by atoms with Crippen molar-refractivity contribution in [1.29, 1.82) is 0 Å². The summed E-state index contributed by atoms with van der Waals surface area (Å²) in [5.41, 5.74) is 3.88. The summed E-state index contributed by atoms with van der Waals surface area (Å²) in [5, 5.41) is 0. The molecule has 2 fully saturated rings. The van der Waals surface area contributed by atoms with Gasteiger partial charge in [-0.1, -0.05) is 19.4 Å². The Bertz CT molecular complexity index is 539. The van der Waals surface area contributed by atoms with E-state index in [1.165, 1.54) is 44.9 Å². The third-order valence-electron chi connectivity index (χ3n) is 6.71. The second kappa shape index (κ2) is 6.06. The Morgan fingerprint density at radius 2 is 2.00 bits per heavy atom. The first-order valence-electron chi connectivity index (χ1n) is 8.67. The van der Waals surface area contributed by atoms with E-state index in [2.05, 4.69) is 25.1 Å². The van der Waals surface area contributed by atoms with E-state index in [1.54, 1.807) is 18.2 Å². The zero-order valence-corrected chi connectivity index (χ0v) is 13.9. The molecule has 2 heteroatoms. The molecule has 1 aromatic carbocycles. The van der Waals surface area contributed by atoms with Gasteiger partial charge in [-0.15, -0.1) is 0 Å². The van der Waals surface area contributed by atoms with Crippen LogP contribution in [-0.2, 0) is 11.2 Å². The molecule has 3 aliphatic rings. The van der Waals surface area contributed by atoms with Crippen LogP contribution in [0.2, 0.25) is 0 Å². The summed E-state index contributed by atoms with van der Waals surface area (Å²) in [7, 11) is 1.78. The van der Waals surface area contributed by atoms with Gasteiger partial charge in [0.2, 0.25) is 0 Å². The lowest BCUT2D eigenvalue weighted by Gasteiger charge is -2.49. The number of hydrogen-bond acceptors (Lipinski definition) is 2. The van der Waals surface area contributed by atoms with Crippen molar-refractivity contribution in [2.24, 2.45) is 17.3 Å². The number of benzene rings is 1. The van der Waals surface area contributed by atoms with Gasteiger partial charge in [0.05, 0.1) is 7.11 Å². The van der Waals surface area contributed by atoms with Crippen LogP contribution in [0, 0.1) is 17.3 Å². The van der Waals surface area contributed by atoms with Gasteiger partial charge in [-0.25, -0.2) is 0 Å². The highest BCUT2D eigenvalue weighted by molar-refractivity contribution is 5.40. The Morgan fingerprint density at radius 3 is 2.77 bits per heavy atom. The number of rotatable bonds is 1. The molecule has 0 N–H and O–H groups in total. The molecule has 120 valence electrons. The summed E-state index contributed by atoms with van der Waals surface area (Å²) in [6.07, 6.45) is 9.98. The van der Waals surface area contributed by atoms with Crippen LogP contribution < -0.4 is 4.74 Å². The number of methoxy groups -OCH3 is 1. The molecule has 2 saturated carbocycles. The summed E-state index contributed by atoms with van der Waals surface area (Å²) < 4.78 is 5.40. The van der Waals surface area contributed by atoms with Crippen molar-refractivity contribution in [3.8, 4) is 5.75 Å². The van der Waals surface area contributed by atoms with E-state index in [0.29, 0.717) is 5.41 Å². The molecule has 2 nitrogen and oxygen atoms in total. The predicted molar refractivity (Wildman–Crippen MR) is 89.3 cm³/mol. The summed E-state index contributed by atoms with van der Waals surface area (Å²) in [6, 6.07) is 6.82. The van der Waals surface area contributed by atoms with Gasteiger partial charge in [0.1, 0.15) is 12.5 Å². The SMILES string of the molecule is C=O.COc1ccc2c(c1)CCC1C2CC[C@@]2(C)CCCC12. The maximum absolute atomic E-state index is 8.00. The normalized spacial score (nSPS) is 35.5. The molecule has 0 heterocycles. The molecular weight excluding hydrogens is 272 g/mol. The van der Waals surface area contributed by atoms with Crippen LogP contribution >= 0.6 is 0 Å². The first-order chi connectivity index (χ1) is 10.7. The van der Waals surface area contributed by atoms with Crippen LogP contribution in [0.5, 0.6) is 5.75 Å². The largest absolute Gasteiger partial charge is 0.497 e. The van der Waals surface area contributed by atoms with E-state index in [1.807, 2.05) is 6.79 Å². The zero-order valence-electron chi connectivity index (χ0n) is 13.9. The summed E-state index contributed by atoms with van der Waals surface area (Å²) in [4.78, 5) is 8.00. The molecule has 4 rings (SSSR count). The van der Waals surface area contributed by atoms with Crippen LogP contribution in [0.4, 0.5) is 0 Å². The number of hydrogen-bond donors (Lipinski definition) is 0. The molecule has 3 unspecified atom stereocenters. The Hall–Kier alpha value is -1.31. The lowest BCUT2D eigenvalue weighted by atomic mass is 9.56. The molecule has 0 bridgehead atoms. The number of carbonyl (C=O) groups excluding carboxylic acids is 1. The Labute approximate surface area is 134 Å². The van der Waals surface area contributed by atoms with Gasteiger partial charge in [0.15, 0.2) is 0 Å². The van der Waals surface area contributed by atoms with Gasteiger partial charge in [0.25, 0.3) is 0 Å². The van der Waals surface area contributed by atoms with E-state index < -0.39 is 0 Å². The maximum atomic E-state index is 8.00. The van der Waals surface area contributed by atoms with Crippen LogP contribution in [0.15, 0.2) is 18.2 Å². The van der Waals surface area contributed by atoms with Crippen LogP contribution in [-0.4, -0.2) is 13.9 Å². The van der Waals surface area contributed by atoms with Gasteiger partial charge in [-0.05, 0) is 85.0 Å². The molecule has 0 radical (unpaired) electrons. The highest BCUT2D eigenvalue weighted by Gasteiger charge is 2.50. The van der Waals surface area contributed by atoms with Crippen molar-refractivity contribution in [2.75, 3.05) is 7.11 Å². The number of ether oxygens (including phenoxy) is 1. The first kappa shape index (κ1) is 15.6. The van der Waals surface area contributed by atoms with Crippen LogP contribution in [0.25, 0.3) is 0 Å². The topological polar surface area (TPSA) is 26.3 Å². The smallest absolute Gasteiger partial charge is 0.119 e. The summed E-state index contributed by atoms with van der Waals surface area (Å²) in [6.45, 7) is 4.57. The standard InChI is InChI=1S/C19H26O.CH2O/c1-19-10-3-4-18(19)17-7-5-13-12-14(20-2)6-8-15(13)16(17)9-11-19;1-2/h6,8,12,16-18H,3-5,7,9-11H2,1-2H3;1H2/t16?,17?,18?,19-;/m1./s1. The Balaban J connectivity index is 0.000000693. The lowest BCUT2D eigenvalue weighted by Crippen LogP contribution is -2.39. The first-order valence-corrected chi connectivity index (χ1v) is 8.67. The van der Waals surface area contributed by atoms with Gasteiger partial charge in [-0.2, -0.15) is 0 Å². The molecule has 4 atom stereocenters. The predicted octanol–water partition coefficient (Wildman–Crippen LogP) is 4.76. The number of carbonyl (C=O) groups is 1. The molecular formula is C20H28O2. The van der Waals surface area contributed by atoms with Crippen molar-refractivity contribution >= 4 is 6.79 Å². The average Bonchev–Trinajstić information content (AvgIpc) is 2.97. The molecule has 0 amide bonds. The third kappa shape index (κ3) is 2.37. The van der Waals surface area contributed by atoms with Crippen molar-refractivity contribution in [1.82, 2.24) is 0 Å². The van der Waals surface area contributed by atoms with Crippen molar-refractivity contribution < 1.29 is 9.53 Å². The van der Waals surface area contributed by atoms with E-state index in [0.717, 1.165) is 23.5 Å². The highest BCUT2D eigenvalue weighted by atomic mass is 16.5. The van der Waals surface area contributed by atoms with Gasteiger partial charge in [-0.3, -0.25) is 0 Å². The van der Waals surface area contributed by atoms with Crippen LogP contribution in [0.1, 0.15) is 62.5 Å². The monoisotopic (exact) mass is 300 g/mol. The van der Waals surface area contributed by atoms with Crippen molar-refractivity contribution in [3.05, 3.63) is 29.3 Å². The molecule has 0 spiro atoms. The average molecular weight is 300 g/mol. The molecule has 1 aromatic rings. The fourth-order valence-electron chi connectivity index (χ4n) is 5.68. The van der Waals surface area contributed by atoms with E-state index in [4.69, 9.17) is 9.53 Å². The zero-order chi connectivity index (χ0) is 15.7. The minimum Gasteiger partial charge on any atom is -0.497 e. The minimum atomic E-state index is 0.672. The highest BCUT2D eigenvalue weighted by Crippen LogP contribution is 2.60. The van der Waals surface area contributed by atoms with E-state index >= 15 is 0 Å². The second-order valence-electron chi connectivity index (χ2n) is 7.57. The Kier molecular flexibility index (Phi) is 4.29. The summed E-state index contributed by atoms with van der Waals surface area (Å²) in [5.74, 6) is 3.82. The van der Waals surface area contributed by atoms with E-state index in [9.17, 15) is 0 Å². The fraction of sp³-hybridized carbons (Fsp3) is 0.650. The molecule has 0 saturated heterocycles. The fourth-order valence-corrected chi connectivity index (χ4v) is 5.68. The van der Waals surface area contributed by atoms with Crippen molar-refractivity contribution in [3.63, 3.8) is 0 Å². The van der Waals surface area contributed by atoms with Gasteiger partial charge >= 0.3 is 0 Å². The second-order valence-corrected chi connectivity index (χ2v) is 7.57. The quantitative estimate of drug-likeness (QED) is 0.747. The maximum Gasteiger partial charge on any atom is 0.119 e. The molecule has 22 heavy (non-hydrogen) atoms. The summed E-state index contributed by atoms with van der Waals surface area (Å²) >= 11 is 0. The lowest BCUT2D eigenvalue weighted by molar-refractivity contribution is -0.0979. The van der Waals surface area contributed by atoms with Crippen LogP contribution in [0.3, 0.4) is 0 Å². The van der Waals surface area contributed by atoms with Crippen molar-refractivity contribution in [2.45, 2.75) is 57.8 Å². The minimum absolute atomic E-state index is 0.672. The number of fused-ring (bicyclic) bond motifs is 5. The molecule has 0 aromatic heterocycles. The Morgan fingerprint density at radius 1 is 1.18 bits per heavy atom. The molecule has 3 aliphatic carbocycles. The number of aryl methyl sites for hydroxylation is 1. The van der Waals surface area contributed by atoms with E-state index in [-0.39, 0.29) is 0 Å².